The molecule has 0 aromatic heterocycles. The van der Waals surface area contributed by atoms with Gasteiger partial charge in [0.05, 0.1) is 0 Å². The van der Waals surface area contributed by atoms with E-state index >= 15 is 0 Å². The molecule has 0 unspecified atom stereocenters. The van der Waals surface area contributed by atoms with Gasteiger partial charge in [0.25, 0.3) is 0 Å². The molecule has 2 aliphatic carbocycles. The number of esters is 1. The van der Waals surface area contributed by atoms with Gasteiger partial charge in [-0.2, -0.15) is 0 Å². The first-order valence-electron chi connectivity index (χ1n) is 5.81. The second-order valence-corrected chi connectivity index (χ2v) is 4.82. The second kappa shape index (κ2) is 3.30. The highest BCUT2D eigenvalue weighted by Crippen LogP contribution is 2.46. The molecule has 3 heteroatoms. The molecule has 3 rings (SSSR count). The van der Waals surface area contributed by atoms with Crippen LogP contribution in [0.15, 0.2) is 24.3 Å². The van der Waals surface area contributed by atoms with Gasteiger partial charge in [0, 0.05) is 24.7 Å². The van der Waals surface area contributed by atoms with Crippen molar-refractivity contribution >= 4 is 11.8 Å². The second-order valence-electron chi connectivity index (χ2n) is 4.82. The van der Waals surface area contributed by atoms with Crippen molar-refractivity contribution in [3.8, 4) is 0 Å². The van der Waals surface area contributed by atoms with Gasteiger partial charge in [0.1, 0.15) is 5.60 Å². The van der Waals surface area contributed by atoms with E-state index in [0.29, 0.717) is 6.42 Å². The Morgan fingerprint density at radius 1 is 1.25 bits per heavy atom. The monoisotopic (exact) mass is 218 g/mol. The van der Waals surface area contributed by atoms with Gasteiger partial charge in [-0.15, -0.1) is 0 Å². The fraction of sp³-hybridized carbons (Fsp3) is 0.538. The quantitative estimate of drug-likeness (QED) is 0.460. The Bertz CT molecular complexity index is 407. The molecule has 3 nitrogen and oxygen atoms in total. The fourth-order valence-electron chi connectivity index (χ4n) is 3.13. The maximum absolute atomic E-state index is 11.8. The molecular weight excluding hydrogens is 204 g/mol. The largest absolute Gasteiger partial charge is 0.454 e. The van der Waals surface area contributed by atoms with Crippen molar-refractivity contribution in [1.29, 1.82) is 0 Å². The summed E-state index contributed by atoms with van der Waals surface area (Å²) in [6.45, 7) is 0. The molecule has 0 saturated carbocycles. The number of ketones is 1. The van der Waals surface area contributed by atoms with E-state index in [2.05, 4.69) is 12.2 Å². The van der Waals surface area contributed by atoms with E-state index in [9.17, 15) is 9.59 Å². The van der Waals surface area contributed by atoms with Crippen LogP contribution in [0.4, 0.5) is 0 Å². The van der Waals surface area contributed by atoms with Gasteiger partial charge >= 0.3 is 5.97 Å². The zero-order valence-corrected chi connectivity index (χ0v) is 9.02. The Hall–Kier alpha value is -1.38. The van der Waals surface area contributed by atoms with E-state index < -0.39 is 5.60 Å². The van der Waals surface area contributed by atoms with Crippen molar-refractivity contribution in [2.75, 3.05) is 0 Å². The predicted octanol–water partition coefficient (Wildman–Crippen LogP) is 1.78. The highest BCUT2D eigenvalue weighted by atomic mass is 16.6. The summed E-state index contributed by atoms with van der Waals surface area (Å²) in [6.07, 6.45) is 10.4. The number of carbonyl (C=O) groups excluding carboxylic acids is 2. The molecule has 0 N–H and O–H groups in total. The molecule has 1 heterocycles. The molecule has 0 aromatic rings. The molecule has 16 heavy (non-hydrogen) atoms. The first-order chi connectivity index (χ1) is 7.71. The highest BCUT2D eigenvalue weighted by Gasteiger charge is 2.51. The Morgan fingerprint density at radius 2 is 2.06 bits per heavy atom. The van der Waals surface area contributed by atoms with Crippen molar-refractivity contribution < 1.29 is 14.3 Å². The van der Waals surface area contributed by atoms with Crippen LogP contribution in [0, 0.1) is 11.8 Å². The molecule has 3 aliphatic rings. The van der Waals surface area contributed by atoms with Crippen LogP contribution in [0.25, 0.3) is 0 Å². The third kappa shape index (κ3) is 1.27. The summed E-state index contributed by atoms with van der Waals surface area (Å²) in [4.78, 5) is 23.1. The van der Waals surface area contributed by atoms with E-state index in [1.807, 2.05) is 6.08 Å². The minimum atomic E-state index is -0.486. The van der Waals surface area contributed by atoms with Gasteiger partial charge in [-0.25, -0.2) is 0 Å². The van der Waals surface area contributed by atoms with E-state index in [1.165, 1.54) is 0 Å². The van der Waals surface area contributed by atoms with Crippen LogP contribution in [0.1, 0.15) is 25.7 Å². The zero-order valence-electron chi connectivity index (χ0n) is 9.02. The Morgan fingerprint density at radius 3 is 2.81 bits per heavy atom. The zero-order chi connectivity index (χ0) is 11.2. The number of hydrogen-bond donors (Lipinski definition) is 0. The summed E-state index contributed by atoms with van der Waals surface area (Å²) in [5.74, 6) is 0.220. The van der Waals surface area contributed by atoms with Crippen LogP contribution in [0.3, 0.4) is 0 Å². The summed E-state index contributed by atoms with van der Waals surface area (Å²) in [5, 5.41) is 0. The summed E-state index contributed by atoms with van der Waals surface area (Å²) in [6, 6.07) is 0. The molecule has 1 spiro atoms. The lowest BCUT2D eigenvalue weighted by Gasteiger charge is -2.41. The SMILES string of the molecule is O=C1CC[C@]2(C=CC(=O)[C@@H]3CC=CC[C@@H]32)O1. The molecule has 3 atom stereocenters. The molecule has 84 valence electrons. The Labute approximate surface area is 94.2 Å². The average Bonchev–Trinajstić information content (AvgIpc) is 2.68. The number of carbonyl (C=O) groups is 2. The van der Waals surface area contributed by atoms with Gasteiger partial charge in [0.15, 0.2) is 5.78 Å². The van der Waals surface area contributed by atoms with Crippen molar-refractivity contribution in [3.05, 3.63) is 24.3 Å². The van der Waals surface area contributed by atoms with Gasteiger partial charge in [-0.1, -0.05) is 12.2 Å². The van der Waals surface area contributed by atoms with E-state index in [-0.39, 0.29) is 23.6 Å². The standard InChI is InChI=1S/C13H14O3/c14-11-5-7-13(8-6-12(15)16-13)10-4-2-1-3-9(10)11/h1-2,5,7,9-10H,3-4,6,8H2/t9-,10+,13+/m1/s1. The first kappa shape index (κ1) is 9.82. The number of allylic oxidation sites excluding steroid dienone is 3. The van der Waals surface area contributed by atoms with Crippen LogP contribution in [0.5, 0.6) is 0 Å². The first-order valence-corrected chi connectivity index (χ1v) is 5.81. The molecule has 0 bridgehead atoms. The predicted molar refractivity (Wildman–Crippen MR) is 57.6 cm³/mol. The normalized spacial score (nSPS) is 41.2. The number of hydrogen-bond acceptors (Lipinski definition) is 3. The highest BCUT2D eigenvalue weighted by molar-refractivity contribution is 5.94. The maximum Gasteiger partial charge on any atom is 0.306 e. The molecular formula is C13H14O3. The smallest absolute Gasteiger partial charge is 0.306 e. The van der Waals surface area contributed by atoms with Crippen LogP contribution in [0.2, 0.25) is 0 Å². The molecule has 0 radical (unpaired) electrons. The summed E-state index contributed by atoms with van der Waals surface area (Å²) in [7, 11) is 0. The van der Waals surface area contributed by atoms with Crippen LogP contribution in [-0.4, -0.2) is 17.4 Å². The molecule has 1 fully saturated rings. The average molecular weight is 218 g/mol. The summed E-state index contributed by atoms with van der Waals surface area (Å²) >= 11 is 0. The number of rotatable bonds is 0. The van der Waals surface area contributed by atoms with E-state index in [4.69, 9.17) is 4.74 Å². The van der Waals surface area contributed by atoms with Crippen LogP contribution < -0.4 is 0 Å². The lowest BCUT2D eigenvalue weighted by molar-refractivity contribution is -0.152. The lowest BCUT2D eigenvalue weighted by atomic mass is 9.66. The third-order valence-electron chi connectivity index (χ3n) is 3.98. The Balaban J connectivity index is 2.00. The van der Waals surface area contributed by atoms with Crippen molar-refractivity contribution in [2.45, 2.75) is 31.3 Å². The Kier molecular flexibility index (Phi) is 2.03. The molecule has 0 amide bonds. The van der Waals surface area contributed by atoms with Crippen molar-refractivity contribution in [2.24, 2.45) is 11.8 Å². The minimum absolute atomic E-state index is 0.0147. The molecule has 1 aliphatic heterocycles. The third-order valence-corrected chi connectivity index (χ3v) is 3.98. The van der Waals surface area contributed by atoms with Gasteiger partial charge < -0.3 is 4.74 Å². The van der Waals surface area contributed by atoms with Crippen LogP contribution in [-0.2, 0) is 14.3 Å². The van der Waals surface area contributed by atoms with Crippen molar-refractivity contribution in [1.82, 2.24) is 0 Å². The summed E-state index contributed by atoms with van der Waals surface area (Å²) in [5.41, 5.74) is -0.486. The van der Waals surface area contributed by atoms with E-state index in [0.717, 1.165) is 19.3 Å². The van der Waals surface area contributed by atoms with Crippen molar-refractivity contribution in [3.63, 3.8) is 0 Å². The maximum atomic E-state index is 11.8. The topological polar surface area (TPSA) is 43.4 Å². The number of ether oxygens (including phenoxy) is 1. The molecule has 0 aromatic carbocycles. The lowest BCUT2D eigenvalue weighted by Crippen LogP contribution is -2.46. The number of fused-ring (bicyclic) bond motifs is 2. The fourth-order valence-corrected chi connectivity index (χ4v) is 3.13. The van der Waals surface area contributed by atoms with Gasteiger partial charge in [-0.05, 0) is 25.0 Å². The van der Waals surface area contributed by atoms with Gasteiger partial charge in [-0.3, -0.25) is 9.59 Å². The minimum Gasteiger partial charge on any atom is -0.454 e. The van der Waals surface area contributed by atoms with Crippen LogP contribution >= 0.6 is 0 Å². The van der Waals surface area contributed by atoms with Gasteiger partial charge in [0.2, 0.25) is 0 Å². The summed E-state index contributed by atoms with van der Waals surface area (Å²) < 4.78 is 5.50. The van der Waals surface area contributed by atoms with E-state index in [1.54, 1.807) is 6.08 Å². The molecule has 1 saturated heterocycles.